The maximum Gasteiger partial charge on any atom is 0.221 e. The summed E-state index contributed by atoms with van der Waals surface area (Å²) < 4.78 is 13.2. The van der Waals surface area contributed by atoms with Crippen LogP contribution in [0.5, 0.6) is 17.5 Å². The van der Waals surface area contributed by atoms with E-state index in [9.17, 15) is 0 Å². The average Bonchev–Trinajstić information content (AvgIpc) is 3.13. The summed E-state index contributed by atoms with van der Waals surface area (Å²) in [5.74, 6) is 1.89. The van der Waals surface area contributed by atoms with Crippen LogP contribution in [0.4, 0.5) is 5.69 Å². The number of aromatic nitrogens is 3. The van der Waals surface area contributed by atoms with Gasteiger partial charge in [-0.1, -0.05) is 6.07 Å². The van der Waals surface area contributed by atoms with Gasteiger partial charge in [-0.2, -0.15) is 0 Å². The molecule has 6 heteroatoms. The topological polar surface area (TPSA) is 61.2 Å². The molecule has 1 N–H and O–H groups in total. The first-order chi connectivity index (χ1) is 12.8. The second kappa shape index (κ2) is 6.76. The highest BCUT2D eigenvalue weighted by Crippen LogP contribution is 2.32. The minimum atomic E-state index is 0.545. The van der Waals surface area contributed by atoms with Crippen molar-refractivity contribution in [2.75, 3.05) is 19.5 Å². The Balaban J connectivity index is 1.72. The molecule has 1 aromatic carbocycles. The molecule has 3 aromatic heterocycles. The minimum absolute atomic E-state index is 0.545. The van der Waals surface area contributed by atoms with Gasteiger partial charge in [-0.15, -0.1) is 0 Å². The zero-order chi connectivity index (χ0) is 17.9. The Labute approximate surface area is 151 Å². The van der Waals surface area contributed by atoms with E-state index in [0.29, 0.717) is 11.8 Å². The zero-order valence-electron chi connectivity index (χ0n) is 14.5. The molecule has 0 radical (unpaired) electrons. The molecule has 130 valence electrons. The minimum Gasteiger partial charge on any atom is -0.481 e. The molecule has 0 aliphatic carbocycles. The highest BCUT2D eigenvalue weighted by Gasteiger charge is 2.10. The zero-order valence-corrected chi connectivity index (χ0v) is 14.5. The Hall–Kier alpha value is -3.54. The Morgan fingerprint density at radius 3 is 2.69 bits per heavy atom. The largest absolute Gasteiger partial charge is 0.481 e. The number of hydrogen-bond acceptors (Lipinski definition) is 5. The summed E-state index contributed by atoms with van der Waals surface area (Å²) in [6, 6.07) is 15.5. The van der Waals surface area contributed by atoms with Crippen LogP contribution >= 0.6 is 0 Å². The van der Waals surface area contributed by atoms with Gasteiger partial charge >= 0.3 is 0 Å². The Bertz CT molecular complexity index is 1040. The molecular formula is C20H18N4O2. The van der Waals surface area contributed by atoms with Crippen molar-refractivity contribution in [2.24, 2.45) is 0 Å². The van der Waals surface area contributed by atoms with Crippen LogP contribution in [0.3, 0.4) is 0 Å². The van der Waals surface area contributed by atoms with Gasteiger partial charge in [0.25, 0.3) is 0 Å². The molecule has 3 heterocycles. The van der Waals surface area contributed by atoms with Crippen molar-refractivity contribution in [3.8, 4) is 23.2 Å². The fourth-order valence-corrected chi connectivity index (χ4v) is 2.82. The molecule has 0 amide bonds. The van der Waals surface area contributed by atoms with Crippen LogP contribution in [0.15, 0.2) is 67.1 Å². The molecule has 4 aromatic rings. The molecule has 0 aliphatic heterocycles. The predicted molar refractivity (Wildman–Crippen MR) is 101 cm³/mol. The van der Waals surface area contributed by atoms with Crippen molar-refractivity contribution in [1.82, 2.24) is 14.5 Å². The quantitative estimate of drug-likeness (QED) is 0.585. The molecular weight excluding hydrogens is 328 g/mol. The van der Waals surface area contributed by atoms with E-state index < -0.39 is 0 Å². The smallest absolute Gasteiger partial charge is 0.221 e. The predicted octanol–water partition coefficient (Wildman–Crippen LogP) is 4.26. The Morgan fingerprint density at radius 1 is 1.00 bits per heavy atom. The van der Waals surface area contributed by atoms with E-state index in [4.69, 9.17) is 9.47 Å². The average molecular weight is 346 g/mol. The van der Waals surface area contributed by atoms with Crippen LogP contribution in [0.25, 0.3) is 16.6 Å². The summed E-state index contributed by atoms with van der Waals surface area (Å²) in [6.07, 6.45) is 5.50. The van der Waals surface area contributed by atoms with Crippen molar-refractivity contribution in [3.63, 3.8) is 0 Å². The van der Waals surface area contributed by atoms with Crippen LogP contribution in [0.2, 0.25) is 0 Å². The monoisotopic (exact) mass is 346 g/mol. The third kappa shape index (κ3) is 2.93. The van der Waals surface area contributed by atoms with E-state index in [1.165, 1.54) is 0 Å². The number of nitrogens with one attached hydrogen (secondary N) is 1. The third-order valence-electron chi connectivity index (χ3n) is 4.14. The Kier molecular flexibility index (Phi) is 4.15. The van der Waals surface area contributed by atoms with E-state index in [1.807, 2.05) is 61.8 Å². The van der Waals surface area contributed by atoms with E-state index in [-0.39, 0.29) is 0 Å². The van der Waals surface area contributed by atoms with Gasteiger partial charge in [-0.05, 0) is 30.3 Å². The molecule has 6 nitrogen and oxygen atoms in total. The van der Waals surface area contributed by atoms with Gasteiger partial charge in [0.2, 0.25) is 11.8 Å². The lowest BCUT2D eigenvalue weighted by atomic mass is 10.2. The third-order valence-corrected chi connectivity index (χ3v) is 4.14. The summed E-state index contributed by atoms with van der Waals surface area (Å²) in [7, 11) is 3.47. The summed E-state index contributed by atoms with van der Waals surface area (Å²) in [5.41, 5.74) is 2.93. The van der Waals surface area contributed by atoms with Gasteiger partial charge in [-0.3, -0.25) is 0 Å². The van der Waals surface area contributed by atoms with Crippen LogP contribution in [-0.2, 0) is 0 Å². The van der Waals surface area contributed by atoms with Crippen molar-refractivity contribution in [3.05, 3.63) is 67.1 Å². The molecule has 0 fully saturated rings. The van der Waals surface area contributed by atoms with Crippen molar-refractivity contribution in [1.29, 1.82) is 0 Å². The molecule has 0 aliphatic rings. The van der Waals surface area contributed by atoms with Crippen LogP contribution in [0, 0.1) is 0 Å². The van der Waals surface area contributed by atoms with Crippen molar-refractivity contribution in [2.45, 2.75) is 0 Å². The molecule has 0 spiro atoms. The number of pyridine rings is 2. The second-order valence-electron chi connectivity index (χ2n) is 5.67. The molecule has 0 saturated carbocycles. The summed E-state index contributed by atoms with van der Waals surface area (Å²) >= 11 is 0. The van der Waals surface area contributed by atoms with Crippen molar-refractivity contribution < 1.29 is 9.47 Å². The summed E-state index contributed by atoms with van der Waals surface area (Å²) in [5, 5.41) is 4.08. The van der Waals surface area contributed by atoms with Gasteiger partial charge in [0, 0.05) is 42.6 Å². The van der Waals surface area contributed by atoms with Crippen LogP contribution in [0.1, 0.15) is 0 Å². The fourth-order valence-electron chi connectivity index (χ4n) is 2.82. The lowest BCUT2D eigenvalue weighted by Gasteiger charge is -2.09. The van der Waals surface area contributed by atoms with Crippen LogP contribution in [-0.4, -0.2) is 28.7 Å². The molecule has 26 heavy (non-hydrogen) atoms. The number of nitrogens with zero attached hydrogens (tertiary/aromatic N) is 3. The fraction of sp³-hybridized carbons (Fsp3) is 0.100. The molecule has 0 bridgehead atoms. The van der Waals surface area contributed by atoms with E-state index in [0.717, 1.165) is 28.0 Å². The van der Waals surface area contributed by atoms with Crippen molar-refractivity contribution >= 4 is 16.6 Å². The maximum absolute atomic E-state index is 6.02. The Morgan fingerprint density at radius 2 is 1.92 bits per heavy atom. The van der Waals surface area contributed by atoms with Gasteiger partial charge in [0.05, 0.1) is 24.5 Å². The number of methoxy groups -OCH3 is 1. The normalized spacial score (nSPS) is 10.7. The lowest BCUT2D eigenvalue weighted by Crippen LogP contribution is -1.95. The van der Waals surface area contributed by atoms with Crippen LogP contribution < -0.4 is 14.8 Å². The van der Waals surface area contributed by atoms with E-state index in [2.05, 4.69) is 19.9 Å². The summed E-state index contributed by atoms with van der Waals surface area (Å²) in [4.78, 5) is 8.56. The number of benzene rings is 1. The number of hydrogen-bond donors (Lipinski definition) is 1. The molecule has 0 atom stereocenters. The maximum atomic E-state index is 6.02. The first kappa shape index (κ1) is 16.0. The number of rotatable bonds is 5. The molecule has 4 rings (SSSR count). The summed E-state index contributed by atoms with van der Waals surface area (Å²) in [6.45, 7) is 0. The number of fused-ring (bicyclic) bond motifs is 1. The first-order valence-corrected chi connectivity index (χ1v) is 8.20. The van der Waals surface area contributed by atoms with E-state index in [1.54, 1.807) is 19.5 Å². The highest BCUT2D eigenvalue weighted by molar-refractivity contribution is 5.88. The molecule has 0 unspecified atom stereocenters. The van der Waals surface area contributed by atoms with Gasteiger partial charge in [0.15, 0.2) is 0 Å². The lowest BCUT2D eigenvalue weighted by molar-refractivity contribution is 0.398. The molecule has 0 saturated heterocycles. The highest BCUT2D eigenvalue weighted by atomic mass is 16.5. The van der Waals surface area contributed by atoms with Gasteiger partial charge < -0.3 is 19.4 Å². The number of ether oxygens (including phenoxy) is 2. The first-order valence-electron chi connectivity index (χ1n) is 8.20. The SMILES string of the molecule is CNc1ccnc(Oc2cccc3c2ccn3-c2ccc(OC)nc2)c1. The standard InChI is InChI=1S/C20H18N4O2/c1-21-14-8-10-22-20(12-14)26-18-5-3-4-17-16(18)9-11-24(17)15-6-7-19(25-2)23-13-15/h3-13H,1-2H3,(H,21,22). The number of anilines is 1. The van der Waals surface area contributed by atoms with Gasteiger partial charge in [-0.25, -0.2) is 9.97 Å². The van der Waals surface area contributed by atoms with E-state index >= 15 is 0 Å². The second-order valence-corrected chi connectivity index (χ2v) is 5.67. The van der Waals surface area contributed by atoms with Gasteiger partial charge in [0.1, 0.15) is 5.75 Å².